The second-order valence-corrected chi connectivity index (χ2v) is 7.19. The largest absolute Gasteiger partial charge is 0.325 e. The van der Waals surface area contributed by atoms with Crippen molar-refractivity contribution >= 4 is 23.2 Å². The molecule has 0 bridgehead atoms. The van der Waals surface area contributed by atoms with E-state index in [2.05, 4.69) is 16.0 Å². The number of hydrogen-bond donors (Lipinski definition) is 3. The highest BCUT2D eigenvalue weighted by molar-refractivity contribution is 6.04. The van der Waals surface area contributed by atoms with Crippen molar-refractivity contribution in [2.45, 2.75) is 25.9 Å². The summed E-state index contributed by atoms with van der Waals surface area (Å²) >= 11 is 0. The predicted molar refractivity (Wildman–Crippen MR) is 117 cm³/mol. The Kier molecular flexibility index (Phi) is 7.10. The summed E-state index contributed by atoms with van der Waals surface area (Å²) in [4.78, 5) is 24.6. The van der Waals surface area contributed by atoms with Crippen molar-refractivity contribution in [3.05, 3.63) is 95.6 Å². The van der Waals surface area contributed by atoms with E-state index < -0.39 is 17.7 Å². The fourth-order valence-corrected chi connectivity index (χ4v) is 3.02. The Morgan fingerprint density at radius 1 is 0.774 bits per heavy atom. The van der Waals surface area contributed by atoms with Gasteiger partial charge in [0, 0.05) is 23.0 Å². The molecule has 3 rings (SSSR count). The Morgan fingerprint density at radius 3 is 2.10 bits per heavy atom. The van der Waals surface area contributed by atoms with Gasteiger partial charge in [0.25, 0.3) is 5.91 Å². The molecule has 2 atom stereocenters. The number of benzene rings is 3. The minimum absolute atomic E-state index is 0.143. The van der Waals surface area contributed by atoms with E-state index in [0.717, 1.165) is 5.56 Å². The standard InChI is InChI=1S/C24H23F2N3O2/c1-15(27-16(2)23(30)29-22-5-3-4-20(26)14-22)17-8-12-21(13-9-17)28-24(31)18-6-10-19(25)11-7-18/h3-16,27H,1-2H3,(H,28,31)(H,29,30). The van der Waals surface area contributed by atoms with E-state index >= 15 is 0 Å². The second kappa shape index (κ2) is 9.95. The van der Waals surface area contributed by atoms with Gasteiger partial charge in [-0.3, -0.25) is 14.9 Å². The molecule has 3 aromatic rings. The van der Waals surface area contributed by atoms with Crippen LogP contribution in [0.15, 0.2) is 72.8 Å². The van der Waals surface area contributed by atoms with Crippen molar-refractivity contribution in [1.82, 2.24) is 5.32 Å². The number of amides is 2. The first-order valence-electron chi connectivity index (χ1n) is 9.81. The lowest BCUT2D eigenvalue weighted by molar-refractivity contribution is -0.117. The second-order valence-electron chi connectivity index (χ2n) is 7.19. The molecule has 0 aliphatic carbocycles. The van der Waals surface area contributed by atoms with Crippen LogP contribution in [-0.4, -0.2) is 17.9 Å². The van der Waals surface area contributed by atoms with Crippen LogP contribution in [0.3, 0.4) is 0 Å². The maximum absolute atomic E-state index is 13.3. The van der Waals surface area contributed by atoms with Crippen LogP contribution in [0.2, 0.25) is 0 Å². The number of anilines is 2. The lowest BCUT2D eigenvalue weighted by atomic mass is 10.1. The van der Waals surface area contributed by atoms with E-state index in [1.807, 2.05) is 19.1 Å². The molecular weight excluding hydrogens is 400 g/mol. The molecule has 3 aromatic carbocycles. The Morgan fingerprint density at radius 2 is 1.45 bits per heavy atom. The quantitative estimate of drug-likeness (QED) is 0.507. The normalized spacial score (nSPS) is 12.6. The summed E-state index contributed by atoms with van der Waals surface area (Å²) in [5, 5.41) is 8.63. The molecule has 0 saturated heterocycles. The van der Waals surface area contributed by atoms with Gasteiger partial charge in [0.1, 0.15) is 11.6 Å². The summed E-state index contributed by atoms with van der Waals surface area (Å²) in [6.07, 6.45) is 0. The average molecular weight is 423 g/mol. The molecule has 0 aromatic heterocycles. The zero-order chi connectivity index (χ0) is 22.4. The van der Waals surface area contributed by atoms with E-state index in [4.69, 9.17) is 0 Å². The van der Waals surface area contributed by atoms with Crippen LogP contribution in [0.25, 0.3) is 0 Å². The molecular formula is C24H23F2N3O2. The van der Waals surface area contributed by atoms with E-state index in [1.54, 1.807) is 25.1 Å². The molecule has 0 aliphatic rings. The first kappa shape index (κ1) is 22.1. The van der Waals surface area contributed by atoms with Crippen molar-refractivity contribution in [2.24, 2.45) is 0 Å². The van der Waals surface area contributed by atoms with Gasteiger partial charge in [0.2, 0.25) is 5.91 Å². The fraction of sp³-hybridized carbons (Fsp3) is 0.167. The van der Waals surface area contributed by atoms with E-state index in [1.165, 1.54) is 42.5 Å². The number of nitrogens with one attached hydrogen (secondary N) is 3. The molecule has 3 N–H and O–H groups in total. The molecule has 2 unspecified atom stereocenters. The first-order valence-corrected chi connectivity index (χ1v) is 9.81. The maximum Gasteiger partial charge on any atom is 0.255 e. The Balaban J connectivity index is 1.55. The monoisotopic (exact) mass is 423 g/mol. The molecule has 160 valence electrons. The maximum atomic E-state index is 13.3. The van der Waals surface area contributed by atoms with Crippen LogP contribution in [0.4, 0.5) is 20.2 Å². The highest BCUT2D eigenvalue weighted by Crippen LogP contribution is 2.18. The van der Waals surface area contributed by atoms with Crippen molar-refractivity contribution < 1.29 is 18.4 Å². The Hall–Kier alpha value is -3.58. The third-order valence-corrected chi connectivity index (χ3v) is 4.76. The SMILES string of the molecule is CC(NC(C)c1ccc(NC(=O)c2ccc(F)cc2)cc1)C(=O)Nc1cccc(F)c1. The molecule has 5 nitrogen and oxygen atoms in total. The van der Waals surface area contributed by atoms with Crippen molar-refractivity contribution in [1.29, 1.82) is 0 Å². The van der Waals surface area contributed by atoms with Gasteiger partial charge in [-0.25, -0.2) is 8.78 Å². The highest BCUT2D eigenvalue weighted by atomic mass is 19.1. The summed E-state index contributed by atoms with van der Waals surface area (Å²) in [5.74, 6) is -1.43. The third-order valence-electron chi connectivity index (χ3n) is 4.76. The van der Waals surface area contributed by atoms with Crippen LogP contribution in [0, 0.1) is 11.6 Å². The number of carbonyl (C=O) groups is 2. The highest BCUT2D eigenvalue weighted by Gasteiger charge is 2.17. The number of carbonyl (C=O) groups excluding carboxylic acids is 2. The van der Waals surface area contributed by atoms with Crippen LogP contribution in [0.5, 0.6) is 0 Å². The predicted octanol–water partition coefficient (Wildman–Crippen LogP) is 4.89. The van der Waals surface area contributed by atoms with Gasteiger partial charge in [-0.1, -0.05) is 18.2 Å². The molecule has 0 aliphatic heterocycles. The fourth-order valence-electron chi connectivity index (χ4n) is 3.02. The smallest absolute Gasteiger partial charge is 0.255 e. The molecule has 31 heavy (non-hydrogen) atoms. The lowest BCUT2D eigenvalue weighted by Gasteiger charge is -2.20. The zero-order valence-corrected chi connectivity index (χ0v) is 17.2. The van der Waals surface area contributed by atoms with Gasteiger partial charge >= 0.3 is 0 Å². The van der Waals surface area contributed by atoms with Crippen LogP contribution >= 0.6 is 0 Å². The van der Waals surface area contributed by atoms with Crippen LogP contribution in [-0.2, 0) is 4.79 Å². The molecule has 0 heterocycles. The molecule has 0 radical (unpaired) electrons. The summed E-state index contributed by atoms with van der Waals surface area (Å²) in [6, 6.07) is 17.6. The average Bonchev–Trinajstić information content (AvgIpc) is 2.74. The van der Waals surface area contributed by atoms with Crippen LogP contribution in [0.1, 0.15) is 35.8 Å². The van der Waals surface area contributed by atoms with Gasteiger partial charge < -0.3 is 10.6 Å². The number of rotatable bonds is 7. The summed E-state index contributed by atoms with van der Waals surface area (Å²) in [5.41, 5.74) is 2.28. The van der Waals surface area contributed by atoms with Gasteiger partial charge in [0.05, 0.1) is 6.04 Å². The minimum atomic E-state index is -0.517. The van der Waals surface area contributed by atoms with Gasteiger partial charge in [-0.05, 0) is 74.0 Å². The van der Waals surface area contributed by atoms with Crippen molar-refractivity contribution in [3.63, 3.8) is 0 Å². The van der Waals surface area contributed by atoms with Gasteiger partial charge in [0.15, 0.2) is 0 Å². The summed E-state index contributed by atoms with van der Waals surface area (Å²) in [6.45, 7) is 3.64. The van der Waals surface area contributed by atoms with Gasteiger partial charge in [-0.15, -0.1) is 0 Å². The number of hydrogen-bond acceptors (Lipinski definition) is 3. The Bertz CT molecular complexity index is 1050. The lowest BCUT2D eigenvalue weighted by Crippen LogP contribution is -2.39. The zero-order valence-electron chi connectivity index (χ0n) is 17.2. The minimum Gasteiger partial charge on any atom is -0.325 e. The summed E-state index contributed by atoms with van der Waals surface area (Å²) in [7, 11) is 0. The number of halogens is 2. The van der Waals surface area contributed by atoms with E-state index in [0.29, 0.717) is 16.9 Å². The topological polar surface area (TPSA) is 70.2 Å². The first-order chi connectivity index (χ1) is 14.8. The third kappa shape index (κ3) is 6.20. The van der Waals surface area contributed by atoms with Crippen molar-refractivity contribution in [3.8, 4) is 0 Å². The summed E-state index contributed by atoms with van der Waals surface area (Å²) < 4.78 is 26.3. The Labute approximate surface area is 179 Å². The van der Waals surface area contributed by atoms with E-state index in [9.17, 15) is 18.4 Å². The van der Waals surface area contributed by atoms with Gasteiger partial charge in [-0.2, -0.15) is 0 Å². The molecule has 7 heteroatoms. The van der Waals surface area contributed by atoms with E-state index in [-0.39, 0.29) is 17.9 Å². The molecule has 0 fully saturated rings. The molecule has 2 amide bonds. The molecule has 0 spiro atoms. The van der Waals surface area contributed by atoms with Crippen molar-refractivity contribution in [2.75, 3.05) is 10.6 Å². The van der Waals surface area contributed by atoms with Crippen LogP contribution < -0.4 is 16.0 Å². The molecule has 0 saturated carbocycles.